The van der Waals surface area contributed by atoms with Crippen molar-refractivity contribution >= 4 is 17.3 Å². The lowest BCUT2D eigenvalue weighted by Gasteiger charge is -2.11. The molecule has 0 fully saturated rings. The van der Waals surface area contributed by atoms with Crippen LogP contribution < -0.4 is 10.1 Å². The van der Waals surface area contributed by atoms with Gasteiger partial charge in [-0.1, -0.05) is 17.7 Å². The second-order valence-electron chi connectivity index (χ2n) is 4.31. The smallest absolute Gasteiger partial charge is 0.124 e. The van der Waals surface area contributed by atoms with Crippen molar-refractivity contribution in [1.29, 1.82) is 0 Å². The van der Waals surface area contributed by atoms with Crippen LogP contribution >= 0.6 is 11.6 Å². The summed E-state index contributed by atoms with van der Waals surface area (Å²) in [5.41, 5.74) is 2.88. The number of phenols is 1. The Bertz CT molecular complexity index is 584. The molecule has 0 unspecified atom stereocenters. The Kier molecular flexibility index (Phi) is 4.17. The summed E-state index contributed by atoms with van der Waals surface area (Å²) in [6.07, 6.45) is 0. The van der Waals surface area contributed by atoms with Crippen molar-refractivity contribution in [2.45, 2.75) is 13.5 Å². The van der Waals surface area contributed by atoms with Gasteiger partial charge >= 0.3 is 0 Å². The third-order valence-corrected chi connectivity index (χ3v) is 3.20. The molecule has 2 aromatic carbocycles. The van der Waals surface area contributed by atoms with Crippen LogP contribution in [-0.4, -0.2) is 12.2 Å². The zero-order chi connectivity index (χ0) is 13.8. The molecule has 0 aliphatic carbocycles. The second kappa shape index (κ2) is 5.85. The van der Waals surface area contributed by atoms with E-state index in [-0.39, 0.29) is 5.75 Å². The number of hydrogen-bond donors (Lipinski definition) is 2. The van der Waals surface area contributed by atoms with Crippen molar-refractivity contribution in [2.24, 2.45) is 0 Å². The number of rotatable bonds is 4. The number of phenolic OH excluding ortho intramolecular Hbond substituents is 1. The Morgan fingerprint density at radius 2 is 2.00 bits per heavy atom. The molecule has 2 aromatic rings. The van der Waals surface area contributed by atoms with Gasteiger partial charge in [0.1, 0.15) is 11.5 Å². The number of ether oxygens (including phenoxy) is 1. The van der Waals surface area contributed by atoms with Crippen LogP contribution in [0.1, 0.15) is 11.1 Å². The van der Waals surface area contributed by atoms with Crippen molar-refractivity contribution in [3.05, 3.63) is 52.5 Å². The highest BCUT2D eigenvalue weighted by Gasteiger charge is 2.04. The van der Waals surface area contributed by atoms with Crippen LogP contribution in [0, 0.1) is 6.92 Å². The summed E-state index contributed by atoms with van der Waals surface area (Å²) in [6, 6.07) is 10.9. The average Bonchev–Trinajstić information content (AvgIpc) is 2.40. The van der Waals surface area contributed by atoms with Crippen LogP contribution in [0.3, 0.4) is 0 Å². The van der Waals surface area contributed by atoms with Gasteiger partial charge in [-0.2, -0.15) is 0 Å². The minimum Gasteiger partial charge on any atom is -0.507 e. The molecule has 0 amide bonds. The first kappa shape index (κ1) is 13.6. The summed E-state index contributed by atoms with van der Waals surface area (Å²) in [5, 5.41) is 13.8. The van der Waals surface area contributed by atoms with Crippen LogP contribution in [0.25, 0.3) is 0 Å². The van der Waals surface area contributed by atoms with Gasteiger partial charge in [-0.25, -0.2) is 0 Å². The van der Waals surface area contributed by atoms with E-state index >= 15 is 0 Å². The van der Waals surface area contributed by atoms with E-state index in [0.29, 0.717) is 17.3 Å². The fourth-order valence-electron chi connectivity index (χ4n) is 1.80. The number of nitrogens with one attached hydrogen (secondary N) is 1. The minimum absolute atomic E-state index is 0.214. The Morgan fingerprint density at radius 3 is 2.68 bits per heavy atom. The lowest BCUT2D eigenvalue weighted by Crippen LogP contribution is -2.01. The normalized spacial score (nSPS) is 10.3. The molecule has 0 heterocycles. The number of anilines is 1. The summed E-state index contributed by atoms with van der Waals surface area (Å²) >= 11 is 5.96. The number of halogens is 1. The van der Waals surface area contributed by atoms with Gasteiger partial charge < -0.3 is 15.2 Å². The predicted octanol–water partition coefficient (Wildman–Crippen LogP) is 3.97. The Balaban J connectivity index is 2.12. The maximum absolute atomic E-state index is 9.88. The van der Waals surface area contributed by atoms with E-state index in [1.807, 2.05) is 37.3 Å². The molecule has 0 aliphatic heterocycles. The topological polar surface area (TPSA) is 41.5 Å². The standard InChI is InChI=1S/C15H16ClNO2/c1-10-3-5-12(16)7-14(10)17-9-11-4-6-13(19-2)8-15(11)18/h3-8,17-18H,9H2,1-2H3. The molecule has 3 nitrogen and oxygen atoms in total. The minimum atomic E-state index is 0.214. The van der Waals surface area contributed by atoms with Gasteiger partial charge in [0.25, 0.3) is 0 Å². The second-order valence-corrected chi connectivity index (χ2v) is 4.74. The number of aryl methyl sites for hydroxylation is 1. The predicted molar refractivity (Wildman–Crippen MR) is 78.2 cm³/mol. The molecule has 0 saturated carbocycles. The molecular formula is C15H16ClNO2. The zero-order valence-corrected chi connectivity index (χ0v) is 11.7. The van der Waals surface area contributed by atoms with Crippen LogP contribution in [0.5, 0.6) is 11.5 Å². The first-order chi connectivity index (χ1) is 9.10. The number of benzene rings is 2. The lowest BCUT2D eigenvalue weighted by atomic mass is 10.1. The van der Waals surface area contributed by atoms with Gasteiger partial charge in [0.15, 0.2) is 0 Å². The highest BCUT2D eigenvalue weighted by molar-refractivity contribution is 6.30. The largest absolute Gasteiger partial charge is 0.507 e. The van der Waals surface area contributed by atoms with Crippen molar-refractivity contribution in [1.82, 2.24) is 0 Å². The number of hydrogen-bond acceptors (Lipinski definition) is 3. The van der Waals surface area contributed by atoms with Crippen molar-refractivity contribution in [3.63, 3.8) is 0 Å². The van der Waals surface area contributed by atoms with Crippen LogP contribution in [-0.2, 0) is 6.54 Å². The van der Waals surface area contributed by atoms with E-state index in [1.54, 1.807) is 13.2 Å². The number of methoxy groups -OCH3 is 1. The molecule has 0 atom stereocenters. The molecule has 0 saturated heterocycles. The maximum Gasteiger partial charge on any atom is 0.124 e. The first-order valence-electron chi connectivity index (χ1n) is 5.96. The summed E-state index contributed by atoms with van der Waals surface area (Å²) in [7, 11) is 1.57. The van der Waals surface area contributed by atoms with Gasteiger partial charge in [0, 0.05) is 28.9 Å². The summed E-state index contributed by atoms with van der Waals surface area (Å²) in [4.78, 5) is 0. The third-order valence-electron chi connectivity index (χ3n) is 2.96. The van der Waals surface area contributed by atoms with E-state index < -0.39 is 0 Å². The van der Waals surface area contributed by atoms with E-state index in [0.717, 1.165) is 16.8 Å². The Hall–Kier alpha value is -1.87. The highest BCUT2D eigenvalue weighted by atomic mass is 35.5. The molecule has 0 bridgehead atoms. The van der Waals surface area contributed by atoms with E-state index in [4.69, 9.17) is 16.3 Å². The quantitative estimate of drug-likeness (QED) is 0.888. The maximum atomic E-state index is 9.88. The fraction of sp³-hybridized carbons (Fsp3) is 0.200. The first-order valence-corrected chi connectivity index (χ1v) is 6.34. The molecule has 4 heteroatoms. The SMILES string of the molecule is COc1ccc(CNc2cc(Cl)ccc2C)c(O)c1. The van der Waals surface area contributed by atoms with Gasteiger partial charge in [0.2, 0.25) is 0 Å². The molecule has 19 heavy (non-hydrogen) atoms. The Morgan fingerprint density at radius 1 is 1.21 bits per heavy atom. The van der Waals surface area contributed by atoms with Gasteiger partial charge in [0.05, 0.1) is 7.11 Å². The summed E-state index contributed by atoms with van der Waals surface area (Å²) < 4.78 is 5.05. The van der Waals surface area contributed by atoms with E-state index in [9.17, 15) is 5.11 Å². The van der Waals surface area contributed by atoms with Crippen molar-refractivity contribution in [2.75, 3.05) is 12.4 Å². The molecule has 2 rings (SSSR count). The van der Waals surface area contributed by atoms with Gasteiger partial charge in [-0.15, -0.1) is 0 Å². The van der Waals surface area contributed by atoms with Gasteiger partial charge in [-0.05, 0) is 36.8 Å². The Labute approximate surface area is 117 Å². The molecule has 0 aliphatic rings. The van der Waals surface area contributed by atoms with Crippen molar-refractivity contribution in [3.8, 4) is 11.5 Å². The molecule has 2 N–H and O–H groups in total. The van der Waals surface area contributed by atoms with Crippen LogP contribution in [0.4, 0.5) is 5.69 Å². The average molecular weight is 278 g/mol. The highest BCUT2D eigenvalue weighted by Crippen LogP contribution is 2.25. The molecule has 0 spiro atoms. The molecular weight excluding hydrogens is 262 g/mol. The lowest BCUT2D eigenvalue weighted by molar-refractivity contribution is 0.406. The number of aromatic hydroxyl groups is 1. The fourth-order valence-corrected chi connectivity index (χ4v) is 1.97. The molecule has 0 aromatic heterocycles. The molecule has 100 valence electrons. The van der Waals surface area contributed by atoms with Crippen LogP contribution in [0.2, 0.25) is 5.02 Å². The summed E-state index contributed by atoms with van der Waals surface area (Å²) in [6.45, 7) is 2.53. The monoisotopic (exact) mass is 277 g/mol. The van der Waals surface area contributed by atoms with Crippen molar-refractivity contribution < 1.29 is 9.84 Å². The third kappa shape index (κ3) is 3.32. The van der Waals surface area contributed by atoms with E-state index in [2.05, 4.69) is 5.32 Å². The summed E-state index contributed by atoms with van der Waals surface area (Å²) in [5.74, 6) is 0.853. The van der Waals surface area contributed by atoms with Crippen LogP contribution in [0.15, 0.2) is 36.4 Å². The van der Waals surface area contributed by atoms with Gasteiger partial charge in [-0.3, -0.25) is 0 Å². The zero-order valence-electron chi connectivity index (χ0n) is 10.9. The van der Waals surface area contributed by atoms with E-state index in [1.165, 1.54) is 0 Å². The molecule has 0 radical (unpaired) electrons.